The zero-order valence-corrected chi connectivity index (χ0v) is 40.8. The molecule has 1 heterocycles. The Balaban J connectivity index is 1.56. The number of nitrogens with zero attached hydrogens (tertiary/aromatic N) is 3. The van der Waals surface area contributed by atoms with E-state index in [0.717, 1.165) is 22.9 Å². The molecule has 1 aliphatic heterocycles. The maximum atomic E-state index is 14.4. The molecule has 6 rings (SSSR count). The quantitative estimate of drug-likeness (QED) is 0.0298. The number of aliphatic hydroxyl groups is 1. The number of non-ortho nitro benzene ring substituents is 1. The molecule has 0 fully saturated rings. The zero-order valence-electron chi connectivity index (χ0n) is 40.0. The van der Waals surface area contributed by atoms with Gasteiger partial charge >= 0.3 is 11.9 Å². The van der Waals surface area contributed by atoms with Gasteiger partial charge in [-0.3, -0.25) is 15.0 Å². The van der Waals surface area contributed by atoms with Crippen LogP contribution in [0.5, 0.6) is 11.5 Å². The molecule has 2 N–H and O–H groups in total. The van der Waals surface area contributed by atoms with Gasteiger partial charge in [0.15, 0.2) is 11.5 Å². The highest BCUT2D eigenvalue weighted by molar-refractivity contribution is 7.88. The molecule has 69 heavy (non-hydrogen) atoms. The standard InChI is InChI=1S/C53H60N4O11S/c1-8-66-50(59)47-37(3)54-44(49(51(60)67-9-2)48(47)38-22-21-29-42(32-38)57(61)62)34-55(69(7,63)64)36-52(4,5)56(33-43(58)35-68-46-31-20-19-30-45(46)65-6)53(39-23-13-10-14-24-39,40-25-15-11-16-26-40)41-27-17-12-18-28-41/h10-32,43,48,54,58H,8-9,33-36H2,1-7H3. The monoisotopic (exact) mass is 960 g/mol. The first kappa shape index (κ1) is 51.5. The van der Waals surface area contributed by atoms with Crippen LogP contribution in [0.3, 0.4) is 0 Å². The number of hydrogen-bond donors (Lipinski definition) is 2. The second-order valence-corrected chi connectivity index (χ2v) is 19.1. The van der Waals surface area contributed by atoms with Crippen molar-refractivity contribution in [3.63, 3.8) is 0 Å². The first-order valence-electron chi connectivity index (χ1n) is 22.6. The van der Waals surface area contributed by atoms with Crippen molar-refractivity contribution < 1.29 is 47.0 Å². The Hall–Kier alpha value is -6.85. The van der Waals surface area contributed by atoms with Crippen molar-refractivity contribution in [2.45, 2.75) is 57.7 Å². The van der Waals surface area contributed by atoms with E-state index in [-0.39, 0.29) is 66.7 Å². The van der Waals surface area contributed by atoms with E-state index >= 15 is 0 Å². The molecule has 364 valence electrons. The second kappa shape index (κ2) is 22.5. The fraction of sp³-hybridized carbons (Fsp3) is 0.321. The Morgan fingerprint density at radius 2 is 1.29 bits per heavy atom. The van der Waals surface area contributed by atoms with Crippen LogP contribution in [-0.2, 0) is 34.6 Å². The summed E-state index contributed by atoms with van der Waals surface area (Å²) in [6, 6.07) is 42.0. The van der Waals surface area contributed by atoms with Crippen molar-refractivity contribution >= 4 is 27.6 Å². The number of rotatable bonds is 22. The average molecular weight is 961 g/mol. The summed E-state index contributed by atoms with van der Waals surface area (Å²) in [7, 11) is -2.66. The van der Waals surface area contributed by atoms with E-state index < -0.39 is 56.5 Å². The summed E-state index contributed by atoms with van der Waals surface area (Å²) >= 11 is 0. The Bertz CT molecular complexity index is 2670. The second-order valence-electron chi connectivity index (χ2n) is 17.2. The number of aliphatic hydroxyl groups excluding tert-OH is 1. The minimum absolute atomic E-state index is 0.00394. The summed E-state index contributed by atoms with van der Waals surface area (Å²) < 4.78 is 52.9. The number of methoxy groups -OCH3 is 1. The minimum Gasteiger partial charge on any atom is -0.493 e. The molecule has 5 aromatic rings. The van der Waals surface area contributed by atoms with E-state index in [9.17, 15) is 33.2 Å². The van der Waals surface area contributed by atoms with Gasteiger partial charge < -0.3 is 29.4 Å². The van der Waals surface area contributed by atoms with Gasteiger partial charge in [0.05, 0.1) is 60.7 Å². The summed E-state index contributed by atoms with van der Waals surface area (Å²) in [6.07, 6.45) is -0.0975. The largest absolute Gasteiger partial charge is 0.493 e. The van der Waals surface area contributed by atoms with Crippen LogP contribution in [0.15, 0.2) is 162 Å². The maximum Gasteiger partial charge on any atom is 0.336 e. The van der Waals surface area contributed by atoms with Gasteiger partial charge in [-0.15, -0.1) is 0 Å². The molecule has 0 bridgehead atoms. The highest BCUT2D eigenvalue weighted by Crippen LogP contribution is 2.47. The number of ether oxygens (including phenoxy) is 4. The van der Waals surface area contributed by atoms with Gasteiger partial charge in [-0.05, 0) is 69.0 Å². The summed E-state index contributed by atoms with van der Waals surface area (Å²) in [5.74, 6) is -1.99. The average Bonchev–Trinajstić information content (AvgIpc) is 3.33. The Morgan fingerprint density at radius 1 is 0.783 bits per heavy atom. The third kappa shape index (κ3) is 11.5. The van der Waals surface area contributed by atoms with Gasteiger partial charge in [0, 0.05) is 42.2 Å². The van der Waals surface area contributed by atoms with Crippen molar-refractivity contribution in [3.05, 3.63) is 194 Å². The lowest BCUT2D eigenvalue weighted by Crippen LogP contribution is -2.63. The zero-order chi connectivity index (χ0) is 49.9. The number of carbonyl (C=O) groups excluding carboxylic acids is 2. The smallest absolute Gasteiger partial charge is 0.336 e. The van der Waals surface area contributed by atoms with Gasteiger partial charge in [-0.1, -0.05) is 115 Å². The van der Waals surface area contributed by atoms with Crippen LogP contribution >= 0.6 is 0 Å². The highest BCUT2D eigenvalue weighted by Gasteiger charge is 2.50. The number of nitro groups is 1. The molecule has 0 amide bonds. The van der Waals surface area contributed by atoms with Crippen molar-refractivity contribution in [2.24, 2.45) is 0 Å². The van der Waals surface area contributed by atoms with E-state index in [4.69, 9.17) is 18.9 Å². The van der Waals surface area contributed by atoms with Gasteiger partial charge in [-0.2, -0.15) is 4.31 Å². The molecule has 2 unspecified atom stereocenters. The van der Waals surface area contributed by atoms with Gasteiger partial charge in [0.25, 0.3) is 5.69 Å². The van der Waals surface area contributed by atoms with Crippen molar-refractivity contribution in [1.29, 1.82) is 0 Å². The number of sulfonamides is 1. The van der Waals surface area contributed by atoms with Crippen LogP contribution in [0, 0.1) is 10.1 Å². The number of esters is 2. The molecule has 15 nitrogen and oxygen atoms in total. The van der Waals surface area contributed by atoms with E-state index in [1.807, 2.05) is 111 Å². The van der Waals surface area contributed by atoms with Gasteiger partial charge in [-0.25, -0.2) is 18.0 Å². The van der Waals surface area contributed by atoms with Crippen molar-refractivity contribution in [3.8, 4) is 11.5 Å². The molecule has 5 aromatic carbocycles. The number of para-hydroxylation sites is 2. The van der Waals surface area contributed by atoms with Crippen LogP contribution < -0.4 is 14.8 Å². The van der Waals surface area contributed by atoms with E-state index in [2.05, 4.69) is 10.2 Å². The number of carbonyl (C=O) groups is 2. The Labute approximate surface area is 404 Å². The number of allylic oxidation sites excluding steroid dienone is 1. The van der Waals surface area contributed by atoms with Gasteiger partial charge in [0.2, 0.25) is 10.0 Å². The molecule has 0 radical (unpaired) electrons. The predicted octanol–water partition coefficient (Wildman–Crippen LogP) is 7.72. The molecule has 0 aromatic heterocycles. The number of nitrogens with one attached hydrogen (secondary N) is 1. The van der Waals surface area contributed by atoms with Crippen LogP contribution in [-0.4, -0.2) is 104 Å². The lowest BCUT2D eigenvalue weighted by Gasteiger charge is -2.54. The third-order valence-electron chi connectivity index (χ3n) is 12.0. The molecule has 1 aliphatic rings. The van der Waals surface area contributed by atoms with E-state index in [1.54, 1.807) is 45.0 Å². The number of benzene rings is 5. The van der Waals surface area contributed by atoms with Gasteiger partial charge in [0.1, 0.15) is 12.7 Å². The molecule has 0 aliphatic carbocycles. The summed E-state index contributed by atoms with van der Waals surface area (Å²) in [5, 5.41) is 27.5. The molecular formula is C53H60N4O11S. The lowest BCUT2D eigenvalue weighted by molar-refractivity contribution is -0.384. The molecule has 0 spiro atoms. The number of dihydropyridines is 1. The maximum absolute atomic E-state index is 14.4. The topological polar surface area (TPSA) is 187 Å². The molecule has 0 saturated heterocycles. The molecule has 16 heteroatoms. The van der Waals surface area contributed by atoms with Crippen molar-refractivity contribution in [2.75, 3.05) is 52.8 Å². The number of β-amino-alcohol motifs (C(OH)–C–C–N with tert-alkyl or cyclic N) is 1. The van der Waals surface area contributed by atoms with Crippen LogP contribution in [0.2, 0.25) is 0 Å². The summed E-state index contributed by atoms with van der Waals surface area (Å²) in [4.78, 5) is 41.7. The minimum atomic E-state index is -4.19. The Morgan fingerprint density at radius 3 is 1.78 bits per heavy atom. The van der Waals surface area contributed by atoms with Crippen LogP contribution in [0.1, 0.15) is 62.8 Å². The SMILES string of the molecule is CCOC(=O)C1=C(C)NC(CN(CC(C)(C)N(CC(O)COc2ccccc2OC)C(c2ccccc2)(c2ccccc2)c2ccccc2)S(C)(=O)=O)=C(C(=O)OCC)C1c1cccc([N+](=O)[O-])c1. The number of nitro benzene ring substituents is 1. The highest BCUT2D eigenvalue weighted by atomic mass is 32.2. The summed E-state index contributed by atoms with van der Waals surface area (Å²) in [6.45, 7) is 7.66. The third-order valence-corrected chi connectivity index (χ3v) is 13.2. The lowest BCUT2D eigenvalue weighted by atomic mass is 9.73. The Kier molecular flexibility index (Phi) is 16.8. The fourth-order valence-electron chi connectivity index (χ4n) is 9.12. The van der Waals surface area contributed by atoms with E-state index in [1.165, 1.54) is 29.6 Å². The molecule has 0 saturated carbocycles. The van der Waals surface area contributed by atoms with Crippen LogP contribution in [0.25, 0.3) is 0 Å². The summed E-state index contributed by atoms with van der Waals surface area (Å²) in [5.41, 5.74) is 0.226. The van der Waals surface area contributed by atoms with Crippen molar-refractivity contribution in [1.82, 2.24) is 14.5 Å². The normalized spacial score (nSPS) is 14.8. The fourth-order valence-corrected chi connectivity index (χ4v) is 10.0. The first-order chi connectivity index (χ1) is 33.0. The first-order valence-corrected chi connectivity index (χ1v) is 24.4. The van der Waals surface area contributed by atoms with E-state index in [0.29, 0.717) is 11.5 Å². The molecule has 2 atom stereocenters. The number of hydrogen-bond acceptors (Lipinski definition) is 13. The predicted molar refractivity (Wildman–Crippen MR) is 263 cm³/mol. The van der Waals surface area contributed by atoms with Crippen LogP contribution in [0.4, 0.5) is 5.69 Å². The molecular weight excluding hydrogens is 901 g/mol.